The Kier molecular flexibility index (Phi) is 5.33. The van der Waals surface area contributed by atoms with E-state index < -0.39 is 11.7 Å². The maximum atomic E-state index is 13.8. The Morgan fingerprint density at radius 3 is 2.62 bits per heavy atom. The molecule has 0 aliphatic rings. The van der Waals surface area contributed by atoms with Crippen molar-refractivity contribution in [3.63, 3.8) is 0 Å². The Morgan fingerprint density at radius 2 is 1.95 bits per heavy atom. The minimum Gasteiger partial charge on any atom is -0.497 e. The van der Waals surface area contributed by atoms with Crippen LogP contribution in [0.2, 0.25) is 0 Å². The van der Waals surface area contributed by atoms with Crippen molar-refractivity contribution in [2.75, 3.05) is 13.7 Å². The fourth-order valence-corrected chi connectivity index (χ4v) is 2.25. The molecule has 3 nitrogen and oxygen atoms in total. The third kappa shape index (κ3) is 4.04. The molecule has 0 aliphatic heterocycles. The molecule has 0 radical (unpaired) electrons. The van der Waals surface area contributed by atoms with E-state index in [-0.39, 0.29) is 10.0 Å². The van der Waals surface area contributed by atoms with E-state index in [4.69, 9.17) is 4.74 Å². The van der Waals surface area contributed by atoms with Crippen LogP contribution in [0.1, 0.15) is 15.9 Å². The summed E-state index contributed by atoms with van der Waals surface area (Å²) in [5.74, 6) is -0.166. The number of hydrogen-bond acceptors (Lipinski definition) is 2. The number of carbonyl (C=O) groups excluding carboxylic acids is 1. The Balaban J connectivity index is 1.90. The zero-order valence-corrected chi connectivity index (χ0v) is 13.1. The van der Waals surface area contributed by atoms with Gasteiger partial charge in [0, 0.05) is 6.54 Å². The summed E-state index contributed by atoms with van der Waals surface area (Å²) >= 11 is 3.07. The second-order valence-corrected chi connectivity index (χ2v) is 5.31. The van der Waals surface area contributed by atoms with Gasteiger partial charge in [0.2, 0.25) is 0 Å². The first-order chi connectivity index (χ1) is 10.1. The quantitative estimate of drug-likeness (QED) is 0.894. The van der Waals surface area contributed by atoms with Crippen LogP contribution in [0.5, 0.6) is 5.75 Å². The van der Waals surface area contributed by atoms with Gasteiger partial charge < -0.3 is 10.1 Å². The number of rotatable bonds is 5. The molecule has 0 fully saturated rings. The Morgan fingerprint density at radius 1 is 1.24 bits per heavy atom. The standard InChI is InChI=1S/C16H15BrFNO2/c1-21-12-7-5-11(6-8-12)9-10-19-16(20)13-3-2-4-14(17)15(13)18/h2-8H,9-10H2,1H3,(H,19,20). The monoisotopic (exact) mass is 351 g/mol. The number of amides is 1. The molecule has 0 unspecified atom stereocenters. The molecule has 2 aromatic carbocycles. The molecule has 0 aliphatic carbocycles. The molecule has 1 amide bonds. The lowest BCUT2D eigenvalue weighted by Crippen LogP contribution is -2.26. The van der Waals surface area contributed by atoms with Gasteiger partial charge in [-0.3, -0.25) is 4.79 Å². The molecule has 5 heteroatoms. The summed E-state index contributed by atoms with van der Waals surface area (Å²) in [6.07, 6.45) is 0.672. The predicted molar refractivity (Wildman–Crippen MR) is 83.1 cm³/mol. The zero-order valence-electron chi connectivity index (χ0n) is 11.5. The molecule has 0 heterocycles. The number of halogens is 2. The normalized spacial score (nSPS) is 10.2. The topological polar surface area (TPSA) is 38.3 Å². The van der Waals surface area contributed by atoms with Crippen LogP contribution in [0, 0.1) is 5.82 Å². The van der Waals surface area contributed by atoms with Crippen molar-refractivity contribution in [1.29, 1.82) is 0 Å². The van der Waals surface area contributed by atoms with Gasteiger partial charge >= 0.3 is 0 Å². The van der Waals surface area contributed by atoms with Crippen molar-refractivity contribution in [3.8, 4) is 5.75 Å². The molecule has 2 aromatic rings. The highest BCUT2D eigenvalue weighted by Gasteiger charge is 2.13. The smallest absolute Gasteiger partial charge is 0.254 e. The number of benzene rings is 2. The van der Waals surface area contributed by atoms with Crippen molar-refractivity contribution in [2.24, 2.45) is 0 Å². The summed E-state index contributed by atoms with van der Waals surface area (Å²) in [5, 5.41) is 2.71. The first-order valence-electron chi connectivity index (χ1n) is 6.47. The summed E-state index contributed by atoms with van der Waals surface area (Å²) in [6, 6.07) is 12.3. The lowest BCUT2D eigenvalue weighted by Gasteiger charge is -2.07. The molecule has 0 spiro atoms. The average molecular weight is 352 g/mol. The lowest BCUT2D eigenvalue weighted by atomic mass is 10.1. The van der Waals surface area contributed by atoms with Gasteiger partial charge in [-0.1, -0.05) is 18.2 Å². The minimum atomic E-state index is -0.542. The van der Waals surface area contributed by atoms with Crippen LogP contribution < -0.4 is 10.1 Å². The third-order valence-corrected chi connectivity index (χ3v) is 3.67. The molecule has 21 heavy (non-hydrogen) atoms. The second kappa shape index (κ2) is 7.22. The van der Waals surface area contributed by atoms with E-state index in [2.05, 4.69) is 21.2 Å². The maximum Gasteiger partial charge on any atom is 0.254 e. The minimum absolute atomic E-state index is 0.0408. The van der Waals surface area contributed by atoms with Crippen LogP contribution in [0.25, 0.3) is 0 Å². The van der Waals surface area contributed by atoms with Gasteiger partial charge in [-0.2, -0.15) is 0 Å². The number of nitrogens with one attached hydrogen (secondary N) is 1. The summed E-state index contributed by atoms with van der Waals surface area (Å²) in [5.41, 5.74) is 1.12. The lowest BCUT2D eigenvalue weighted by molar-refractivity contribution is 0.0950. The van der Waals surface area contributed by atoms with Gasteiger partial charge in [0.1, 0.15) is 11.6 Å². The van der Waals surface area contributed by atoms with Gasteiger partial charge in [0.15, 0.2) is 0 Å². The van der Waals surface area contributed by atoms with Gasteiger partial charge in [0.25, 0.3) is 5.91 Å². The van der Waals surface area contributed by atoms with Crippen molar-refractivity contribution < 1.29 is 13.9 Å². The molecular weight excluding hydrogens is 337 g/mol. The fourth-order valence-electron chi connectivity index (χ4n) is 1.89. The van der Waals surface area contributed by atoms with Crippen LogP contribution in [0.15, 0.2) is 46.9 Å². The molecule has 0 saturated carbocycles. The predicted octanol–water partition coefficient (Wildman–Crippen LogP) is 3.57. The number of ether oxygens (including phenoxy) is 1. The molecule has 0 bridgehead atoms. The SMILES string of the molecule is COc1ccc(CCNC(=O)c2cccc(Br)c2F)cc1. The summed E-state index contributed by atoms with van der Waals surface area (Å²) in [6.45, 7) is 0.442. The van der Waals surface area contributed by atoms with Crippen LogP contribution in [-0.4, -0.2) is 19.6 Å². The maximum absolute atomic E-state index is 13.8. The molecule has 0 saturated heterocycles. The third-order valence-electron chi connectivity index (χ3n) is 3.05. The Bertz CT molecular complexity index is 629. The van der Waals surface area contributed by atoms with E-state index in [1.165, 1.54) is 6.07 Å². The number of hydrogen-bond donors (Lipinski definition) is 1. The molecule has 0 aromatic heterocycles. The van der Waals surface area contributed by atoms with Crippen LogP contribution >= 0.6 is 15.9 Å². The van der Waals surface area contributed by atoms with E-state index in [1.54, 1.807) is 19.2 Å². The van der Waals surface area contributed by atoms with E-state index in [1.807, 2.05) is 24.3 Å². The van der Waals surface area contributed by atoms with Crippen LogP contribution in [0.4, 0.5) is 4.39 Å². The second-order valence-electron chi connectivity index (χ2n) is 4.46. The van der Waals surface area contributed by atoms with E-state index in [0.29, 0.717) is 13.0 Å². The summed E-state index contributed by atoms with van der Waals surface area (Å²) in [4.78, 5) is 11.9. The highest BCUT2D eigenvalue weighted by molar-refractivity contribution is 9.10. The Labute approximate surface area is 131 Å². The van der Waals surface area contributed by atoms with E-state index in [9.17, 15) is 9.18 Å². The van der Waals surface area contributed by atoms with E-state index >= 15 is 0 Å². The first kappa shape index (κ1) is 15.5. The number of methoxy groups -OCH3 is 1. The highest BCUT2D eigenvalue weighted by Crippen LogP contribution is 2.18. The summed E-state index contributed by atoms with van der Waals surface area (Å²) < 4.78 is 19.1. The molecule has 2 rings (SSSR count). The van der Waals surface area contributed by atoms with Gasteiger partial charge in [-0.25, -0.2) is 4.39 Å². The molecular formula is C16H15BrFNO2. The van der Waals surface area contributed by atoms with Crippen molar-refractivity contribution >= 4 is 21.8 Å². The molecule has 0 atom stereocenters. The zero-order chi connectivity index (χ0) is 15.2. The van der Waals surface area contributed by atoms with E-state index in [0.717, 1.165) is 11.3 Å². The van der Waals surface area contributed by atoms with Crippen molar-refractivity contribution in [1.82, 2.24) is 5.32 Å². The molecule has 1 N–H and O–H groups in total. The van der Waals surface area contributed by atoms with Gasteiger partial charge in [-0.05, 0) is 52.2 Å². The van der Waals surface area contributed by atoms with Crippen LogP contribution in [0.3, 0.4) is 0 Å². The van der Waals surface area contributed by atoms with Crippen LogP contribution in [-0.2, 0) is 6.42 Å². The van der Waals surface area contributed by atoms with Gasteiger partial charge in [0.05, 0.1) is 17.1 Å². The van der Waals surface area contributed by atoms with Gasteiger partial charge in [-0.15, -0.1) is 0 Å². The molecule has 110 valence electrons. The fraction of sp³-hybridized carbons (Fsp3) is 0.188. The Hall–Kier alpha value is -1.88. The van der Waals surface area contributed by atoms with Crippen molar-refractivity contribution in [2.45, 2.75) is 6.42 Å². The largest absolute Gasteiger partial charge is 0.497 e. The summed E-state index contributed by atoms with van der Waals surface area (Å²) in [7, 11) is 1.61. The number of carbonyl (C=O) groups is 1. The average Bonchev–Trinajstić information content (AvgIpc) is 2.50. The highest BCUT2D eigenvalue weighted by atomic mass is 79.9. The first-order valence-corrected chi connectivity index (χ1v) is 7.26. The van der Waals surface area contributed by atoms with Crippen molar-refractivity contribution in [3.05, 3.63) is 63.9 Å².